The molecule has 2 aliphatic rings. The van der Waals surface area contributed by atoms with E-state index in [0.29, 0.717) is 0 Å². The van der Waals surface area contributed by atoms with Gasteiger partial charge in [0.15, 0.2) is 0 Å². The molecule has 4 rings (SSSR count). The number of hydrogen-bond acceptors (Lipinski definition) is 1. The molecule has 137 valence electrons. The molecule has 0 spiro atoms. The van der Waals surface area contributed by atoms with Crippen LogP contribution >= 0.6 is 0 Å². The summed E-state index contributed by atoms with van der Waals surface area (Å²) in [5, 5.41) is 14.3. The maximum Gasteiger partial charge on any atom is 3.00 e. The third kappa shape index (κ3) is 4.40. The first-order valence-electron chi connectivity index (χ1n) is 8.54. The molecule has 27 heavy (non-hydrogen) atoms. The van der Waals surface area contributed by atoms with Gasteiger partial charge in [0.1, 0.15) is 0 Å². The van der Waals surface area contributed by atoms with Gasteiger partial charge < -0.3 is 29.9 Å². The smallest absolute Gasteiger partial charge is 1.00 e. The maximum absolute atomic E-state index is 9.21. The van der Waals surface area contributed by atoms with Crippen molar-refractivity contribution in [1.82, 2.24) is 0 Å². The van der Waals surface area contributed by atoms with Crippen LogP contribution in [-0.2, 0) is 26.2 Å². The third-order valence-electron chi connectivity index (χ3n) is 4.89. The summed E-state index contributed by atoms with van der Waals surface area (Å²) in [6, 6.07) is 13.0. The summed E-state index contributed by atoms with van der Waals surface area (Å²) in [6.45, 7) is 4.55. The fourth-order valence-electron chi connectivity index (χ4n) is 3.73. The Morgan fingerprint density at radius 2 is 1.78 bits per heavy atom. The second kappa shape index (κ2) is 10.0. The molecule has 1 N–H and O–H groups in total. The Labute approximate surface area is 191 Å². The zero-order chi connectivity index (χ0) is 16.7. The number of fused-ring (bicyclic) bond motifs is 2. The summed E-state index contributed by atoms with van der Waals surface area (Å²) in [4.78, 5) is 0. The molecule has 0 heterocycles. The second-order valence-electron chi connectivity index (χ2n) is 6.71. The predicted octanol–water partition coefficient (Wildman–Crippen LogP) is -2.72. The molecule has 0 atom stereocenters. The van der Waals surface area contributed by atoms with E-state index in [1.165, 1.54) is 48.7 Å². The molecule has 0 saturated heterocycles. The van der Waals surface area contributed by atoms with E-state index in [1.54, 1.807) is 0 Å². The number of benzene rings is 2. The van der Waals surface area contributed by atoms with E-state index in [9.17, 15) is 5.11 Å². The van der Waals surface area contributed by atoms with Crippen LogP contribution in [0.15, 0.2) is 54.1 Å². The molecule has 0 fully saturated rings. The Morgan fingerprint density at radius 1 is 1.04 bits per heavy atom. The summed E-state index contributed by atoms with van der Waals surface area (Å²) in [5.74, 6) is 0. The summed E-state index contributed by atoms with van der Waals surface area (Å²) >= 11 is 0. The first-order valence-corrected chi connectivity index (χ1v) is 8.54. The van der Waals surface area contributed by atoms with Crippen LogP contribution in [-0.4, -0.2) is 11.7 Å². The van der Waals surface area contributed by atoms with E-state index in [2.05, 4.69) is 68.5 Å². The van der Waals surface area contributed by atoms with Crippen molar-refractivity contribution in [2.75, 3.05) is 6.61 Å². The van der Waals surface area contributed by atoms with E-state index >= 15 is 0 Å². The molecule has 4 heteroatoms. The van der Waals surface area contributed by atoms with Crippen LogP contribution in [0.5, 0.6) is 0 Å². The summed E-state index contributed by atoms with van der Waals surface area (Å²) in [6.07, 6.45) is 9.80. The van der Waals surface area contributed by atoms with Gasteiger partial charge in [-0.05, 0) is 32.3 Å². The summed E-state index contributed by atoms with van der Waals surface area (Å²) < 4.78 is 0. The van der Waals surface area contributed by atoms with Gasteiger partial charge in [-0.1, -0.05) is 64.4 Å². The van der Waals surface area contributed by atoms with Gasteiger partial charge in [0.05, 0.1) is 0 Å². The quantitative estimate of drug-likeness (QED) is 0.409. The van der Waals surface area contributed by atoms with Gasteiger partial charge in [0.25, 0.3) is 0 Å². The Bertz CT molecular complexity index is 1110. The fraction of sp³-hybridized carbons (Fsp3) is 0.217. The normalized spacial score (nSPS) is 13.0. The van der Waals surface area contributed by atoms with Crippen LogP contribution in [0, 0.1) is 10.4 Å². The molecule has 1 radical (unpaired) electrons. The van der Waals surface area contributed by atoms with Gasteiger partial charge in [-0.25, -0.2) is 0 Å². The molecule has 0 aromatic heterocycles. The average Bonchev–Trinajstić information content (AvgIpc) is 3.18. The zero-order valence-electron chi connectivity index (χ0n) is 15.4. The number of aliphatic hydroxyl groups is 1. The van der Waals surface area contributed by atoms with Gasteiger partial charge in [0.2, 0.25) is 0 Å². The Morgan fingerprint density at radius 3 is 2.48 bits per heavy atom. The van der Waals surface area contributed by atoms with Crippen LogP contribution in [0.1, 0.15) is 37.8 Å². The van der Waals surface area contributed by atoms with E-state index in [1.807, 2.05) is 0 Å². The Balaban J connectivity index is 0.00000121. The number of hydrogen-bond donors (Lipinski definition) is 1. The second-order valence-corrected chi connectivity index (χ2v) is 6.71. The SMILES string of the molecule is CC(C)=c1ccc2c(c1C1=CC(CCO)=CC1)[C-]=c1ccccc1=2.[Cl-].[Cl-].[Zr+3]. The van der Waals surface area contributed by atoms with Gasteiger partial charge in [-0.3, -0.25) is 0 Å². The fourth-order valence-corrected chi connectivity index (χ4v) is 3.73. The first-order chi connectivity index (χ1) is 11.7. The molecule has 2 aliphatic carbocycles. The van der Waals surface area contributed by atoms with Crippen molar-refractivity contribution in [2.45, 2.75) is 26.7 Å². The van der Waals surface area contributed by atoms with Crippen molar-refractivity contribution in [3.05, 3.63) is 86.1 Å². The molecule has 0 unspecified atom stereocenters. The minimum absolute atomic E-state index is 0. The number of rotatable bonds is 3. The van der Waals surface area contributed by atoms with Crippen LogP contribution in [0.2, 0.25) is 0 Å². The van der Waals surface area contributed by atoms with Gasteiger partial charge in [-0.2, -0.15) is 0 Å². The summed E-state index contributed by atoms with van der Waals surface area (Å²) in [7, 11) is 0. The van der Waals surface area contributed by atoms with Crippen molar-refractivity contribution in [3.8, 4) is 0 Å². The number of allylic oxidation sites excluding steroid dienone is 3. The van der Waals surface area contributed by atoms with E-state index in [0.717, 1.165) is 12.8 Å². The average molecular weight is 476 g/mol. The van der Waals surface area contributed by atoms with E-state index in [4.69, 9.17) is 0 Å². The van der Waals surface area contributed by atoms with Crippen LogP contribution in [0.25, 0.3) is 17.2 Å². The molecule has 2 aromatic carbocycles. The van der Waals surface area contributed by atoms with Crippen LogP contribution < -0.4 is 35.3 Å². The van der Waals surface area contributed by atoms with Crippen molar-refractivity contribution in [2.24, 2.45) is 0 Å². The number of aliphatic hydroxyl groups excluding tert-OH is 1. The minimum atomic E-state index is 0. The molecule has 1 nitrogen and oxygen atoms in total. The molecule has 0 aliphatic heterocycles. The van der Waals surface area contributed by atoms with Gasteiger partial charge in [0, 0.05) is 6.61 Å². The minimum Gasteiger partial charge on any atom is -1.00 e. The predicted molar refractivity (Wildman–Crippen MR) is 99.5 cm³/mol. The molecular weight excluding hydrogens is 454 g/mol. The largest absolute Gasteiger partial charge is 3.00 e. The standard InChI is InChI=1S/C23H21O.2ClH.Zr/c1-15(2)19-9-10-21-20-6-4-3-5-17(20)14-22(21)23(19)18-8-7-16(13-18)11-12-24;;;/h3-7,9-10,13,24H,8,11-12H2,1-2H3;2*1H;/q-1;;;+3/p-2. The molecule has 0 saturated carbocycles. The maximum atomic E-state index is 9.21. The zero-order valence-corrected chi connectivity index (χ0v) is 19.4. The Kier molecular flexibility index (Phi) is 8.96. The monoisotopic (exact) mass is 473 g/mol. The third-order valence-corrected chi connectivity index (χ3v) is 4.89. The molecular formula is C23H21Cl2OZr. The summed E-state index contributed by atoms with van der Waals surface area (Å²) in [5.41, 5.74) is 6.43. The van der Waals surface area contributed by atoms with Crippen molar-refractivity contribution in [1.29, 1.82) is 0 Å². The molecule has 0 bridgehead atoms. The first kappa shape index (κ1) is 24.1. The van der Waals surface area contributed by atoms with Gasteiger partial charge >= 0.3 is 26.2 Å². The van der Waals surface area contributed by atoms with Crippen LogP contribution in [0.4, 0.5) is 0 Å². The number of halogens is 2. The van der Waals surface area contributed by atoms with Gasteiger partial charge in [-0.15, -0.1) is 33.4 Å². The Hall–Kier alpha value is -0.917. The van der Waals surface area contributed by atoms with E-state index in [-0.39, 0.29) is 57.6 Å². The van der Waals surface area contributed by atoms with E-state index < -0.39 is 0 Å². The topological polar surface area (TPSA) is 20.2 Å². The van der Waals surface area contributed by atoms with Crippen LogP contribution in [0.3, 0.4) is 0 Å². The van der Waals surface area contributed by atoms with Crippen molar-refractivity contribution >= 4 is 17.2 Å². The molecule has 0 amide bonds. The molecule has 2 aromatic rings. The van der Waals surface area contributed by atoms with Crippen molar-refractivity contribution < 1.29 is 56.1 Å². The van der Waals surface area contributed by atoms with Crippen molar-refractivity contribution in [3.63, 3.8) is 0 Å².